The molecule has 0 unspecified atom stereocenters. The first-order chi connectivity index (χ1) is 17.6. The van der Waals surface area contributed by atoms with Crippen molar-refractivity contribution in [1.29, 1.82) is 0 Å². The monoisotopic (exact) mass is 494 g/mol. The molecule has 36 heavy (non-hydrogen) atoms. The predicted molar refractivity (Wildman–Crippen MR) is 130 cm³/mol. The van der Waals surface area contributed by atoms with Crippen LogP contribution in [-0.4, -0.2) is 56.0 Å². The first-order valence-electron chi connectivity index (χ1n) is 11.6. The molecular formula is C28H30O8. The van der Waals surface area contributed by atoms with Gasteiger partial charge in [0.2, 0.25) is 6.29 Å². The van der Waals surface area contributed by atoms with Crippen LogP contribution in [0.3, 0.4) is 0 Å². The summed E-state index contributed by atoms with van der Waals surface area (Å²) < 4.78 is 34.5. The number of rotatable bonds is 10. The van der Waals surface area contributed by atoms with E-state index in [0.29, 0.717) is 11.5 Å². The molecule has 0 amide bonds. The maximum Gasteiger partial charge on any atom is 0.337 e. The van der Waals surface area contributed by atoms with Gasteiger partial charge in [-0.1, -0.05) is 60.7 Å². The highest BCUT2D eigenvalue weighted by Gasteiger charge is 2.51. The molecular weight excluding hydrogens is 464 g/mol. The summed E-state index contributed by atoms with van der Waals surface area (Å²) in [6, 6.07) is 26.0. The van der Waals surface area contributed by atoms with Crippen LogP contribution in [-0.2, 0) is 37.0 Å². The summed E-state index contributed by atoms with van der Waals surface area (Å²) in [4.78, 5) is 12.5. The Bertz CT molecular complexity index is 1070. The highest BCUT2D eigenvalue weighted by atomic mass is 16.7. The molecule has 5 atom stereocenters. The van der Waals surface area contributed by atoms with Gasteiger partial charge in [0.25, 0.3) is 0 Å². The summed E-state index contributed by atoms with van der Waals surface area (Å²) in [5.41, 5.74) is 1.83. The number of carbonyl (C=O) groups is 1. The molecule has 4 rings (SSSR count). The molecule has 190 valence electrons. The van der Waals surface area contributed by atoms with E-state index in [1.165, 1.54) is 7.11 Å². The Morgan fingerprint density at radius 2 is 1.31 bits per heavy atom. The molecule has 1 aliphatic heterocycles. The number of benzene rings is 3. The predicted octanol–water partition coefficient (Wildman–Crippen LogP) is 3.50. The fourth-order valence-corrected chi connectivity index (χ4v) is 3.92. The molecule has 0 saturated carbocycles. The molecule has 0 spiro atoms. The summed E-state index contributed by atoms with van der Waals surface area (Å²) in [6.07, 6.45) is -5.56. The Morgan fingerprint density at radius 3 is 1.83 bits per heavy atom. The van der Waals surface area contributed by atoms with Crippen LogP contribution < -0.4 is 9.47 Å². The lowest BCUT2D eigenvalue weighted by molar-refractivity contribution is -0.293. The molecule has 8 heteroatoms. The van der Waals surface area contributed by atoms with E-state index in [0.717, 1.165) is 11.1 Å². The largest absolute Gasteiger partial charge is 0.497 e. The van der Waals surface area contributed by atoms with Crippen LogP contribution in [0.5, 0.6) is 11.5 Å². The SMILES string of the molecule is COC(=O)[C@H]1O[C@@H](Oc2ccc(OC)cc2)[C@H](OCc2ccccc2)[C@@H](OCc2ccccc2)[C@H]1O. The molecule has 1 aliphatic rings. The maximum absolute atomic E-state index is 12.5. The molecule has 3 aromatic rings. The van der Waals surface area contributed by atoms with Gasteiger partial charge in [-0.15, -0.1) is 0 Å². The minimum absolute atomic E-state index is 0.191. The van der Waals surface area contributed by atoms with Crippen molar-refractivity contribution in [3.63, 3.8) is 0 Å². The number of hydrogen-bond acceptors (Lipinski definition) is 8. The number of methoxy groups -OCH3 is 2. The lowest BCUT2D eigenvalue weighted by atomic mass is 9.98. The van der Waals surface area contributed by atoms with Gasteiger partial charge in [0.05, 0.1) is 27.4 Å². The zero-order valence-corrected chi connectivity index (χ0v) is 20.2. The molecule has 1 saturated heterocycles. The third-order valence-electron chi connectivity index (χ3n) is 5.84. The number of ether oxygens (including phenoxy) is 6. The molecule has 1 fully saturated rings. The van der Waals surface area contributed by atoms with Crippen molar-refractivity contribution in [2.24, 2.45) is 0 Å². The van der Waals surface area contributed by atoms with Gasteiger partial charge in [-0.3, -0.25) is 0 Å². The Hall–Kier alpha value is -3.43. The second-order valence-electron chi connectivity index (χ2n) is 8.25. The summed E-state index contributed by atoms with van der Waals surface area (Å²) in [5, 5.41) is 11.1. The Kier molecular flexibility index (Phi) is 8.91. The minimum Gasteiger partial charge on any atom is -0.497 e. The van der Waals surface area contributed by atoms with Gasteiger partial charge in [0.1, 0.15) is 29.8 Å². The van der Waals surface area contributed by atoms with Crippen LogP contribution in [0.15, 0.2) is 84.9 Å². The normalized spacial score (nSPS) is 23.6. The molecule has 1 N–H and O–H groups in total. The van der Waals surface area contributed by atoms with Crippen LogP contribution in [0.2, 0.25) is 0 Å². The van der Waals surface area contributed by atoms with Gasteiger partial charge in [-0.2, -0.15) is 0 Å². The van der Waals surface area contributed by atoms with E-state index in [2.05, 4.69) is 0 Å². The van der Waals surface area contributed by atoms with Crippen molar-refractivity contribution in [1.82, 2.24) is 0 Å². The fourth-order valence-electron chi connectivity index (χ4n) is 3.92. The van der Waals surface area contributed by atoms with Gasteiger partial charge >= 0.3 is 5.97 Å². The molecule has 0 aromatic heterocycles. The van der Waals surface area contributed by atoms with E-state index in [4.69, 9.17) is 28.4 Å². The summed E-state index contributed by atoms with van der Waals surface area (Å²) in [5.74, 6) is 0.396. The van der Waals surface area contributed by atoms with Gasteiger partial charge in [-0.25, -0.2) is 4.79 Å². The van der Waals surface area contributed by atoms with Crippen molar-refractivity contribution >= 4 is 5.97 Å². The van der Waals surface area contributed by atoms with Crippen LogP contribution >= 0.6 is 0 Å². The number of aliphatic hydroxyl groups is 1. The highest BCUT2D eigenvalue weighted by Crippen LogP contribution is 2.31. The van der Waals surface area contributed by atoms with Crippen molar-refractivity contribution in [2.75, 3.05) is 14.2 Å². The molecule has 0 radical (unpaired) electrons. The second kappa shape index (κ2) is 12.5. The van der Waals surface area contributed by atoms with Gasteiger partial charge in [0.15, 0.2) is 6.10 Å². The zero-order chi connectivity index (χ0) is 25.3. The first-order valence-corrected chi connectivity index (χ1v) is 11.6. The van der Waals surface area contributed by atoms with Crippen molar-refractivity contribution in [3.05, 3.63) is 96.1 Å². The van der Waals surface area contributed by atoms with E-state index < -0.39 is 36.7 Å². The lowest BCUT2D eigenvalue weighted by Gasteiger charge is -2.43. The smallest absolute Gasteiger partial charge is 0.337 e. The summed E-state index contributed by atoms with van der Waals surface area (Å²) in [7, 11) is 2.81. The van der Waals surface area contributed by atoms with Gasteiger partial charge in [0, 0.05) is 0 Å². The third kappa shape index (κ3) is 6.41. The van der Waals surface area contributed by atoms with Crippen molar-refractivity contribution in [3.8, 4) is 11.5 Å². The number of carbonyl (C=O) groups excluding carboxylic acids is 1. The standard InChI is InChI=1S/C28H30O8/c1-31-21-13-15-22(16-14-21)35-28-26(34-18-20-11-7-4-8-12-20)24(23(29)25(36-28)27(30)32-2)33-17-19-9-5-3-6-10-19/h3-16,23-26,28-29H,17-18H2,1-2H3/t23-,24+,25+,26-,28-/m1/s1. The Labute approximate surface area is 210 Å². The van der Waals surface area contributed by atoms with E-state index >= 15 is 0 Å². The summed E-state index contributed by atoms with van der Waals surface area (Å²) >= 11 is 0. The molecule has 8 nitrogen and oxygen atoms in total. The second-order valence-corrected chi connectivity index (χ2v) is 8.25. The third-order valence-corrected chi connectivity index (χ3v) is 5.84. The van der Waals surface area contributed by atoms with E-state index in [9.17, 15) is 9.90 Å². The maximum atomic E-state index is 12.5. The average molecular weight is 495 g/mol. The van der Waals surface area contributed by atoms with E-state index in [1.807, 2.05) is 60.7 Å². The van der Waals surface area contributed by atoms with Crippen molar-refractivity contribution in [2.45, 2.75) is 43.9 Å². The van der Waals surface area contributed by atoms with E-state index in [1.54, 1.807) is 31.4 Å². The van der Waals surface area contributed by atoms with Crippen LogP contribution in [0.1, 0.15) is 11.1 Å². The Morgan fingerprint density at radius 1 is 0.778 bits per heavy atom. The number of hydrogen-bond donors (Lipinski definition) is 1. The van der Waals surface area contributed by atoms with Gasteiger partial charge in [-0.05, 0) is 35.4 Å². The number of aliphatic hydroxyl groups excluding tert-OH is 1. The topological polar surface area (TPSA) is 92.7 Å². The molecule has 0 aliphatic carbocycles. The number of esters is 1. The van der Waals surface area contributed by atoms with Crippen LogP contribution in [0, 0.1) is 0 Å². The molecule has 3 aromatic carbocycles. The highest BCUT2D eigenvalue weighted by molar-refractivity contribution is 5.75. The first kappa shape index (κ1) is 25.7. The van der Waals surface area contributed by atoms with E-state index in [-0.39, 0.29) is 13.2 Å². The average Bonchev–Trinajstić information content (AvgIpc) is 2.93. The van der Waals surface area contributed by atoms with Crippen LogP contribution in [0.25, 0.3) is 0 Å². The fraction of sp³-hybridized carbons (Fsp3) is 0.321. The lowest BCUT2D eigenvalue weighted by Crippen LogP contribution is -2.62. The van der Waals surface area contributed by atoms with Crippen molar-refractivity contribution < 1.29 is 38.3 Å². The van der Waals surface area contributed by atoms with Crippen LogP contribution in [0.4, 0.5) is 0 Å². The molecule has 1 heterocycles. The zero-order valence-electron chi connectivity index (χ0n) is 20.2. The quantitative estimate of drug-likeness (QED) is 0.428. The molecule has 0 bridgehead atoms. The minimum atomic E-state index is -1.35. The summed E-state index contributed by atoms with van der Waals surface area (Å²) in [6.45, 7) is 0.412. The van der Waals surface area contributed by atoms with Gasteiger partial charge < -0.3 is 33.5 Å². The Balaban J connectivity index is 1.61.